The topological polar surface area (TPSA) is 92.2 Å². The lowest BCUT2D eigenvalue weighted by Crippen LogP contribution is -2.28. The van der Waals surface area contributed by atoms with E-state index in [1.807, 2.05) is 24.3 Å². The first-order chi connectivity index (χ1) is 12.5. The van der Waals surface area contributed by atoms with Gasteiger partial charge in [-0.15, -0.1) is 0 Å². The van der Waals surface area contributed by atoms with E-state index in [2.05, 4.69) is 18.0 Å². The van der Waals surface area contributed by atoms with Crippen LogP contribution >= 0.6 is 11.8 Å². The van der Waals surface area contributed by atoms with Crippen LogP contribution in [-0.2, 0) is 17.8 Å². The monoisotopic (exact) mass is 368 g/mol. The number of nitrogens with zero attached hydrogens (tertiary/aromatic N) is 3. The smallest absolute Gasteiger partial charge is 0.227 e. The standard InChI is InChI=1S/C19H20N4O2S/c1-23-7-6-16-15(10-23)18(12-4-3-5-13(8-12)25-2)14(9-20)19(22-16)26-11-17(21)24/h3-5,8H,6-7,10-11H2,1-2H3,(H2,21,24). The second kappa shape index (κ2) is 7.77. The van der Waals surface area contributed by atoms with Gasteiger partial charge in [0, 0.05) is 30.8 Å². The van der Waals surface area contributed by atoms with E-state index in [4.69, 9.17) is 15.5 Å². The number of hydrogen-bond acceptors (Lipinski definition) is 6. The van der Waals surface area contributed by atoms with Crippen LogP contribution in [-0.4, -0.2) is 42.2 Å². The molecule has 0 bridgehead atoms. The van der Waals surface area contributed by atoms with E-state index in [1.165, 1.54) is 11.8 Å². The van der Waals surface area contributed by atoms with Crippen LogP contribution in [0.2, 0.25) is 0 Å². The zero-order chi connectivity index (χ0) is 18.7. The number of carbonyl (C=O) groups is 1. The molecule has 1 amide bonds. The average Bonchev–Trinajstić information content (AvgIpc) is 2.65. The Bertz CT molecular complexity index is 892. The molecule has 0 radical (unpaired) electrons. The third kappa shape index (κ3) is 3.66. The average molecular weight is 368 g/mol. The predicted molar refractivity (Wildman–Crippen MR) is 101 cm³/mol. The van der Waals surface area contributed by atoms with Crippen molar-refractivity contribution in [2.75, 3.05) is 26.5 Å². The van der Waals surface area contributed by atoms with Crippen molar-refractivity contribution in [3.8, 4) is 22.9 Å². The van der Waals surface area contributed by atoms with Crippen molar-refractivity contribution in [2.45, 2.75) is 18.0 Å². The Hall–Kier alpha value is -2.56. The van der Waals surface area contributed by atoms with Crippen molar-refractivity contribution < 1.29 is 9.53 Å². The summed E-state index contributed by atoms with van der Waals surface area (Å²) in [5.41, 5.74) is 9.59. The van der Waals surface area contributed by atoms with E-state index >= 15 is 0 Å². The summed E-state index contributed by atoms with van der Waals surface area (Å²) >= 11 is 1.22. The number of carbonyl (C=O) groups excluding carboxylic acids is 1. The number of methoxy groups -OCH3 is 1. The van der Waals surface area contributed by atoms with Crippen LogP contribution in [0.3, 0.4) is 0 Å². The van der Waals surface area contributed by atoms with Crippen LogP contribution in [0.1, 0.15) is 16.8 Å². The fraction of sp³-hybridized carbons (Fsp3) is 0.316. The van der Waals surface area contributed by atoms with Crippen LogP contribution in [0.15, 0.2) is 29.3 Å². The van der Waals surface area contributed by atoms with Gasteiger partial charge in [0.05, 0.1) is 18.4 Å². The lowest BCUT2D eigenvalue weighted by molar-refractivity contribution is -0.115. The fourth-order valence-corrected chi connectivity index (χ4v) is 3.86. The van der Waals surface area contributed by atoms with Crippen LogP contribution in [0.25, 0.3) is 11.1 Å². The van der Waals surface area contributed by atoms with E-state index in [0.29, 0.717) is 10.6 Å². The Morgan fingerprint density at radius 3 is 3.00 bits per heavy atom. The van der Waals surface area contributed by atoms with Gasteiger partial charge in [-0.3, -0.25) is 4.79 Å². The number of ether oxygens (including phenoxy) is 1. The highest BCUT2D eigenvalue weighted by molar-refractivity contribution is 8.00. The third-order valence-corrected chi connectivity index (χ3v) is 5.33. The van der Waals surface area contributed by atoms with Crippen molar-refractivity contribution in [1.82, 2.24) is 9.88 Å². The maximum atomic E-state index is 11.2. The summed E-state index contributed by atoms with van der Waals surface area (Å²) in [6, 6.07) is 9.97. The molecule has 2 heterocycles. The summed E-state index contributed by atoms with van der Waals surface area (Å²) in [4.78, 5) is 18.1. The van der Waals surface area contributed by atoms with Gasteiger partial charge < -0.3 is 15.4 Å². The number of benzene rings is 1. The molecule has 1 aromatic carbocycles. The lowest BCUT2D eigenvalue weighted by Gasteiger charge is -2.28. The summed E-state index contributed by atoms with van der Waals surface area (Å²) in [6.07, 6.45) is 0.804. The zero-order valence-corrected chi connectivity index (χ0v) is 15.6. The number of fused-ring (bicyclic) bond motifs is 1. The quantitative estimate of drug-likeness (QED) is 0.814. The maximum absolute atomic E-state index is 11.2. The molecule has 0 spiro atoms. The van der Waals surface area contributed by atoms with Gasteiger partial charge in [0.1, 0.15) is 16.8 Å². The van der Waals surface area contributed by atoms with Gasteiger partial charge in [0.2, 0.25) is 5.91 Å². The molecule has 1 aliphatic rings. The van der Waals surface area contributed by atoms with E-state index in [1.54, 1.807) is 7.11 Å². The highest BCUT2D eigenvalue weighted by Gasteiger charge is 2.25. The Morgan fingerprint density at radius 1 is 1.50 bits per heavy atom. The van der Waals surface area contributed by atoms with Gasteiger partial charge in [0.25, 0.3) is 0 Å². The lowest BCUT2D eigenvalue weighted by atomic mass is 9.91. The molecule has 134 valence electrons. The van der Waals surface area contributed by atoms with Crippen LogP contribution in [0, 0.1) is 11.3 Å². The normalized spacial score (nSPS) is 13.7. The summed E-state index contributed by atoms with van der Waals surface area (Å²) in [7, 11) is 3.67. The molecule has 26 heavy (non-hydrogen) atoms. The molecule has 0 fully saturated rings. The summed E-state index contributed by atoms with van der Waals surface area (Å²) < 4.78 is 5.35. The summed E-state index contributed by atoms with van der Waals surface area (Å²) in [5.74, 6) is 0.395. The van der Waals surface area contributed by atoms with Crippen LogP contribution in [0.5, 0.6) is 5.75 Å². The van der Waals surface area contributed by atoms with Gasteiger partial charge >= 0.3 is 0 Å². The number of nitriles is 1. The minimum Gasteiger partial charge on any atom is -0.497 e. The van der Waals surface area contributed by atoms with Crippen molar-refractivity contribution in [2.24, 2.45) is 5.73 Å². The Balaban J connectivity index is 2.22. The molecule has 1 aliphatic heterocycles. The van der Waals surface area contributed by atoms with Crippen molar-refractivity contribution in [3.63, 3.8) is 0 Å². The number of thioether (sulfide) groups is 1. The molecule has 6 nitrogen and oxygen atoms in total. The van der Waals surface area contributed by atoms with Crippen LogP contribution < -0.4 is 10.5 Å². The molecule has 0 saturated heterocycles. The molecule has 2 N–H and O–H groups in total. The third-order valence-electron chi connectivity index (χ3n) is 4.33. The van der Waals surface area contributed by atoms with E-state index in [-0.39, 0.29) is 5.75 Å². The van der Waals surface area contributed by atoms with Crippen molar-refractivity contribution >= 4 is 17.7 Å². The first-order valence-corrected chi connectivity index (χ1v) is 9.22. The highest BCUT2D eigenvalue weighted by atomic mass is 32.2. The van der Waals surface area contributed by atoms with E-state index in [0.717, 1.165) is 47.6 Å². The van der Waals surface area contributed by atoms with Crippen molar-refractivity contribution in [1.29, 1.82) is 5.26 Å². The van der Waals surface area contributed by atoms with Crippen LogP contribution in [0.4, 0.5) is 0 Å². The van der Waals surface area contributed by atoms with E-state index < -0.39 is 5.91 Å². The minimum atomic E-state index is -0.430. The molecular formula is C19H20N4O2S. The first-order valence-electron chi connectivity index (χ1n) is 8.23. The highest BCUT2D eigenvalue weighted by Crippen LogP contribution is 2.38. The molecule has 1 aromatic heterocycles. The molecule has 0 aliphatic carbocycles. The molecule has 0 atom stereocenters. The maximum Gasteiger partial charge on any atom is 0.227 e. The molecular weight excluding hydrogens is 348 g/mol. The van der Waals surface area contributed by atoms with Crippen molar-refractivity contribution in [3.05, 3.63) is 41.1 Å². The van der Waals surface area contributed by atoms with E-state index in [9.17, 15) is 10.1 Å². The summed E-state index contributed by atoms with van der Waals surface area (Å²) in [6.45, 7) is 1.63. The Morgan fingerprint density at radius 2 is 2.31 bits per heavy atom. The molecule has 0 unspecified atom stereocenters. The molecule has 7 heteroatoms. The molecule has 0 saturated carbocycles. The number of nitrogens with two attached hydrogens (primary N) is 1. The predicted octanol–water partition coefficient (Wildman–Crippen LogP) is 2.19. The van der Waals surface area contributed by atoms with Gasteiger partial charge in [-0.1, -0.05) is 23.9 Å². The second-order valence-electron chi connectivity index (χ2n) is 6.18. The van der Waals surface area contributed by atoms with Gasteiger partial charge in [0.15, 0.2) is 0 Å². The number of amides is 1. The SMILES string of the molecule is COc1cccc(-c2c(C#N)c(SCC(N)=O)nc3c2CN(C)CC3)c1. The van der Waals surface area contributed by atoms with Gasteiger partial charge in [-0.05, 0) is 30.3 Å². The minimum absolute atomic E-state index is 0.0952. The number of primary amides is 1. The number of rotatable bonds is 5. The number of hydrogen-bond donors (Lipinski definition) is 1. The molecule has 3 rings (SSSR count). The number of pyridine rings is 1. The summed E-state index contributed by atoms with van der Waals surface area (Å²) in [5, 5.41) is 10.4. The van der Waals surface area contributed by atoms with Gasteiger partial charge in [-0.2, -0.15) is 5.26 Å². The Labute approximate surface area is 157 Å². The number of likely N-dealkylation sites (N-methyl/N-ethyl adjacent to an activating group) is 1. The second-order valence-corrected chi connectivity index (χ2v) is 7.14. The fourth-order valence-electron chi connectivity index (χ4n) is 3.12. The largest absolute Gasteiger partial charge is 0.497 e. The Kier molecular flexibility index (Phi) is 5.45. The first kappa shape index (κ1) is 18.2. The zero-order valence-electron chi connectivity index (χ0n) is 14.8. The molecule has 2 aromatic rings. The van der Waals surface area contributed by atoms with Gasteiger partial charge in [-0.25, -0.2) is 4.98 Å². The number of aromatic nitrogens is 1.